The second-order valence-electron chi connectivity index (χ2n) is 6.70. The van der Waals surface area contributed by atoms with Crippen molar-refractivity contribution in [2.24, 2.45) is 16.9 Å². The van der Waals surface area contributed by atoms with Crippen LogP contribution >= 0.6 is 0 Å². The molecule has 2 aromatic carbocycles. The quantitative estimate of drug-likeness (QED) is 0.289. The van der Waals surface area contributed by atoms with Gasteiger partial charge in [0, 0.05) is 11.3 Å². The van der Waals surface area contributed by atoms with Gasteiger partial charge in [-0.15, -0.1) is 6.42 Å². The number of carbonyl (C=O) groups excluding carboxylic acids is 2. The molecule has 2 rings (SSSR count). The smallest absolute Gasteiger partial charge is 0.252 e. The Hall–Kier alpha value is -3.79. The highest BCUT2D eigenvalue weighted by Crippen LogP contribution is 2.19. The van der Waals surface area contributed by atoms with E-state index in [1.54, 1.807) is 63.4 Å². The molecule has 7 heteroatoms. The number of hydrazone groups is 1. The van der Waals surface area contributed by atoms with Gasteiger partial charge in [0.05, 0.1) is 13.3 Å². The van der Waals surface area contributed by atoms with Crippen molar-refractivity contribution >= 4 is 23.7 Å². The molecule has 0 aliphatic carbocycles. The van der Waals surface area contributed by atoms with Crippen LogP contribution in [-0.4, -0.2) is 31.7 Å². The van der Waals surface area contributed by atoms with E-state index in [2.05, 4.69) is 21.8 Å². The molecule has 0 aliphatic heterocycles. The van der Waals surface area contributed by atoms with Crippen molar-refractivity contribution in [3.8, 4) is 23.8 Å². The molecule has 0 heterocycles. The van der Waals surface area contributed by atoms with Gasteiger partial charge in [-0.3, -0.25) is 9.59 Å². The van der Waals surface area contributed by atoms with E-state index in [0.717, 1.165) is 0 Å². The van der Waals surface area contributed by atoms with Crippen molar-refractivity contribution in [1.82, 2.24) is 5.43 Å². The maximum absolute atomic E-state index is 12.7. The van der Waals surface area contributed by atoms with Crippen molar-refractivity contribution in [2.45, 2.75) is 13.8 Å². The number of para-hydroxylation sites is 1. The Morgan fingerprint density at radius 3 is 2.47 bits per heavy atom. The number of anilines is 1. The molecular formula is C23H25N3O4. The number of rotatable bonds is 9. The van der Waals surface area contributed by atoms with E-state index < -0.39 is 17.7 Å². The van der Waals surface area contributed by atoms with Gasteiger partial charge in [0.15, 0.2) is 0 Å². The normalized spacial score (nSPS) is 11.6. The van der Waals surface area contributed by atoms with E-state index in [-0.39, 0.29) is 12.5 Å². The fourth-order valence-electron chi connectivity index (χ4n) is 2.69. The van der Waals surface area contributed by atoms with Crippen LogP contribution < -0.4 is 20.2 Å². The molecule has 2 N–H and O–H groups in total. The lowest BCUT2D eigenvalue weighted by molar-refractivity contribution is -0.134. The third kappa shape index (κ3) is 6.38. The molecule has 0 aliphatic rings. The first-order valence-corrected chi connectivity index (χ1v) is 9.39. The first-order valence-electron chi connectivity index (χ1n) is 9.39. The Bertz CT molecular complexity index is 930. The van der Waals surface area contributed by atoms with Gasteiger partial charge in [-0.05, 0) is 42.3 Å². The minimum absolute atomic E-state index is 0.123. The minimum Gasteiger partial charge on any atom is -0.497 e. The molecule has 0 radical (unpaired) electrons. The van der Waals surface area contributed by atoms with E-state index in [9.17, 15) is 9.59 Å². The maximum atomic E-state index is 12.7. The first kappa shape index (κ1) is 22.5. The van der Waals surface area contributed by atoms with Gasteiger partial charge in [0.2, 0.25) is 5.91 Å². The van der Waals surface area contributed by atoms with Gasteiger partial charge in [-0.2, -0.15) is 5.10 Å². The summed E-state index contributed by atoms with van der Waals surface area (Å²) in [7, 11) is 1.56. The molecule has 0 spiro atoms. The maximum Gasteiger partial charge on any atom is 0.252 e. The Morgan fingerprint density at radius 2 is 1.83 bits per heavy atom. The van der Waals surface area contributed by atoms with Crippen molar-refractivity contribution in [3.05, 3.63) is 54.1 Å². The van der Waals surface area contributed by atoms with Gasteiger partial charge in [0.1, 0.15) is 24.0 Å². The topological polar surface area (TPSA) is 89.0 Å². The number of methoxy groups -OCH3 is 1. The Balaban J connectivity index is 2.04. The zero-order valence-electron chi connectivity index (χ0n) is 17.2. The molecule has 0 fully saturated rings. The monoisotopic (exact) mass is 407 g/mol. The van der Waals surface area contributed by atoms with Crippen LogP contribution in [0.1, 0.15) is 19.4 Å². The second kappa shape index (κ2) is 11.3. The lowest BCUT2D eigenvalue weighted by Gasteiger charge is -2.18. The standard InChI is InChI=1S/C23H25N3O4/c1-5-14-30-20-9-7-6-8-17(20)15-24-26-23(28)21(16(2)3)22(27)25-18-10-12-19(29-4)13-11-18/h1,6-13,15-16,21H,14H2,2-4H3,(H,25,27)(H,26,28). The molecule has 30 heavy (non-hydrogen) atoms. The number of carbonyl (C=O) groups is 2. The summed E-state index contributed by atoms with van der Waals surface area (Å²) >= 11 is 0. The summed E-state index contributed by atoms with van der Waals surface area (Å²) in [5, 5.41) is 6.72. The molecule has 2 aromatic rings. The molecule has 2 amide bonds. The second-order valence-corrected chi connectivity index (χ2v) is 6.70. The van der Waals surface area contributed by atoms with Gasteiger partial charge >= 0.3 is 0 Å². The fraction of sp³-hybridized carbons (Fsp3) is 0.261. The van der Waals surface area contributed by atoms with Crippen LogP contribution in [0.15, 0.2) is 53.6 Å². The summed E-state index contributed by atoms with van der Waals surface area (Å²) in [5.74, 6) is 1.54. The fourth-order valence-corrected chi connectivity index (χ4v) is 2.69. The number of hydrogen-bond donors (Lipinski definition) is 2. The Labute approximate surface area is 176 Å². The number of benzene rings is 2. The molecule has 0 saturated carbocycles. The summed E-state index contributed by atoms with van der Waals surface area (Å²) in [4.78, 5) is 25.3. The minimum atomic E-state index is -0.919. The number of nitrogens with one attached hydrogen (secondary N) is 2. The van der Waals surface area contributed by atoms with Crippen LogP contribution in [0.4, 0.5) is 5.69 Å². The van der Waals surface area contributed by atoms with Gasteiger partial charge in [0.25, 0.3) is 5.91 Å². The SMILES string of the molecule is C#CCOc1ccccc1C=NNC(=O)C(C(=O)Nc1ccc(OC)cc1)C(C)C. The van der Waals surface area contributed by atoms with Crippen LogP contribution in [0.3, 0.4) is 0 Å². The van der Waals surface area contributed by atoms with E-state index in [1.807, 2.05) is 6.07 Å². The number of hydrogen-bond acceptors (Lipinski definition) is 5. The van der Waals surface area contributed by atoms with Crippen LogP contribution in [-0.2, 0) is 9.59 Å². The summed E-state index contributed by atoms with van der Waals surface area (Å²) in [6.45, 7) is 3.72. The molecule has 156 valence electrons. The van der Waals surface area contributed by atoms with Crippen LogP contribution in [0.5, 0.6) is 11.5 Å². The van der Waals surface area contributed by atoms with Crippen LogP contribution in [0.25, 0.3) is 0 Å². The van der Waals surface area contributed by atoms with E-state index in [1.165, 1.54) is 6.21 Å². The summed E-state index contributed by atoms with van der Waals surface area (Å²) in [6.07, 6.45) is 6.66. The average molecular weight is 407 g/mol. The van der Waals surface area contributed by atoms with Crippen molar-refractivity contribution in [1.29, 1.82) is 0 Å². The molecule has 0 saturated heterocycles. The average Bonchev–Trinajstić information content (AvgIpc) is 2.73. The Morgan fingerprint density at radius 1 is 1.13 bits per heavy atom. The predicted octanol–water partition coefficient (Wildman–Crippen LogP) is 3.07. The third-order valence-corrected chi connectivity index (χ3v) is 4.20. The highest BCUT2D eigenvalue weighted by Gasteiger charge is 2.30. The lowest BCUT2D eigenvalue weighted by atomic mass is 9.94. The zero-order valence-corrected chi connectivity index (χ0v) is 17.2. The number of nitrogens with zero attached hydrogens (tertiary/aromatic N) is 1. The number of amides is 2. The first-order chi connectivity index (χ1) is 14.5. The van der Waals surface area contributed by atoms with Crippen LogP contribution in [0.2, 0.25) is 0 Å². The molecule has 1 unspecified atom stereocenters. The summed E-state index contributed by atoms with van der Waals surface area (Å²) in [5.41, 5.74) is 3.66. The molecule has 7 nitrogen and oxygen atoms in total. The summed E-state index contributed by atoms with van der Waals surface area (Å²) < 4.78 is 10.5. The van der Waals surface area contributed by atoms with E-state index in [0.29, 0.717) is 22.7 Å². The van der Waals surface area contributed by atoms with Gasteiger partial charge in [-0.1, -0.05) is 31.9 Å². The van der Waals surface area contributed by atoms with Crippen LogP contribution in [0, 0.1) is 24.2 Å². The third-order valence-electron chi connectivity index (χ3n) is 4.20. The van der Waals surface area contributed by atoms with Gasteiger partial charge < -0.3 is 14.8 Å². The van der Waals surface area contributed by atoms with Gasteiger partial charge in [-0.25, -0.2) is 5.43 Å². The zero-order chi connectivity index (χ0) is 21.9. The highest BCUT2D eigenvalue weighted by molar-refractivity contribution is 6.06. The van der Waals surface area contributed by atoms with E-state index >= 15 is 0 Å². The number of terminal acetylenes is 1. The van der Waals surface area contributed by atoms with Crippen molar-refractivity contribution in [2.75, 3.05) is 19.0 Å². The summed E-state index contributed by atoms with van der Waals surface area (Å²) in [6, 6.07) is 14.0. The largest absolute Gasteiger partial charge is 0.497 e. The lowest BCUT2D eigenvalue weighted by Crippen LogP contribution is -2.39. The number of ether oxygens (including phenoxy) is 2. The van der Waals surface area contributed by atoms with Crippen molar-refractivity contribution in [3.63, 3.8) is 0 Å². The Kier molecular flexibility index (Phi) is 8.45. The van der Waals surface area contributed by atoms with Crippen molar-refractivity contribution < 1.29 is 19.1 Å². The molecule has 0 aromatic heterocycles. The molecule has 0 bridgehead atoms. The van der Waals surface area contributed by atoms with E-state index in [4.69, 9.17) is 15.9 Å². The molecular weight excluding hydrogens is 382 g/mol. The molecule has 1 atom stereocenters. The highest BCUT2D eigenvalue weighted by atomic mass is 16.5. The predicted molar refractivity (Wildman–Crippen MR) is 116 cm³/mol.